The van der Waals surface area contributed by atoms with Crippen molar-refractivity contribution in [3.8, 4) is 18.2 Å². The number of nitriles is 3. The van der Waals surface area contributed by atoms with Crippen LogP contribution in [-0.2, 0) is 0 Å². The van der Waals surface area contributed by atoms with Gasteiger partial charge in [-0.1, -0.05) is 0 Å². The van der Waals surface area contributed by atoms with Gasteiger partial charge in [-0.15, -0.1) is 0 Å². The summed E-state index contributed by atoms with van der Waals surface area (Å²) < 4.78 is 0. The predicted molar refractivity (Wildman–Crippen MR) is 57.7 cm³/mol. The molecule has 0 N–H and O–H groups in total. The lowest BCUT2D eigenvalue weighted by Crippen LogP contribution is -1.71. The van der Waals surface area contributed by atoms with Crippen LogP contribution in [0.3, 0.4) is 0 Å². The minimum absolute atomic E-state index is 0.0608. The average Bonchev–Trinajstić information content (AvgIpc) is 3.10. The van der Waals surface area contributed by atoms with Gasteiger partial charge in [0.2, 0.25) is 0 Å². The lowest BCUT2D eigenvalue weighted by molar-refractivity contribution is 1.45. The Hall–Kier alpha value is -3.84. The smallest absolute Gasteiger partial charge is 0.226 e. The van der Waals surface area contributed by atoms with Crippen LogP contribution in [0.1, 0.15) is 0 Å². The van der Waals surface area contributed by atoms with E-state index in [4.69, 9.17) is 35.5 Å². The highest BCUT2D eigenvalue weighted by molar-refractivity contribution is 5.87. The number of allylic oxidation sites excluding steroid dienone is 5. The predicted octanol–water partition coefficient (Wildman–Crippen LogP) is 2.09. The van der Waals surface area contributed by atoms with E-state index in [9.17, 15) is 0 Å². The molecule has 0 aromatic carbocycles. The first-order valence-electron chi connectivity index (χ1n) is 4.26. The number of hydrogen-bond acceptors (Lipinski definition) is 3. The summed E-state index contributed by atoms with van der Waals surface area (Å²) in [7, 11) is 0. The van der Waals surface area contributed by atoms with Gasteiger partial charge in [0.05, 0.1) is 18.2 Å². The second-order valence-corrected chi connectivity index (χ2v) is 2.84. The molecular formula is C12N6. The van der Waals surface area contributed by atoms with Gasteiger partial charge >= 0.3 is 5.82 Å². The molecule has 6 nitrogen and oxygen atoms in total. The van der Waals surface area contributed by atoms with Crippen LogP contribution in [0.15, 0.2) is 33.8 Å². The Balaban J connectivity index is 3.79. The molecule has 0 unspecified atom stereocenters. The molecule has 1 aliphatic rings. The number of rotatable bonds is 0. The van der Waals surface area contributed by atoms with Crippen molar-refractivity contribution in [2.45, 2.75) is 0 Å². The molecule has 1 saturated carbocycles. The maximum absolute atomic E-state index is 8.74. The fraction of sp³-hybridized carbons (Fsp3) is 0. The van der Waals surface area contributed by atoms with E-state index in [1.165, 1.54) is 0 Å². The van der Waals surface area contributed by atoms with Crippen molar-refractivity contribution < 1.29 is 0 Å². The van der Waals surface area contributed by atoms with Crippen LogP contribution in [0, 0.1) is 53.7 Å². The second-order valence-electron chi connectivity index (χ2n) is 2.84. The van der Waals surface area contributed by atoms with Gasteiger partial charge < -0.3 is 0 Å². The monoisotopic (exact) mass is 228 g/mol. The molecule has 1 aliphatic carbocycles. The van der Waals surface area contributed by atoms with E-state index in [-0.39, 0.29) is 33.8 Å². The summed E-state index contributed by atoms with van der Waals surface area (Å²) in [6, 6.07) is 4.84. The number of nitrogens with zero attached hydrogens (tertiary/aromatic N) is 6. The normalized spacial score (nSPS) is 13.7. The summed E-state index contributed by atoms with van der Waals surface area (Å²) in [5, 5.41) is 26.2. The summed E-state index contributed by atoms with van der Waals surface area (Å²) in [5.41, 5.74) is -0.443. The molecule has 0 radical (unpaired) electrons. The Kier molecular flexibility index (Phi) is 3.25. The van der Waals surface area contributed by atoms with E-state index < -0.39 is 0 Å². The van der Waals surface area contributed by atoms with Gasteiger partial charge in [0.25, 0.3) is 5.70 Å². The fourth-order valence-corrected chi connectivity index (χ4v) is 1.31. The molecule has 1 rings (SSSR count). The maximum Gasteiger partial charge on any atom is 0.526 e. The van der Waals surface area contributed by atoms with E-state index in [1.807, 2.05) is 0 Å². The van der Waals surface area contributed by atoms with Crippen LogP contribution < -0.4 is 0 Å². The standard InChI is InChI=1S/C12N6/c1-16-8(6-15)10-9(7(4-13)5-14)11(10)12(17-2)18-3/b10-8-. The Morgan fingerprint density at radius 2 is 1.33 bits per heavy atom. The van der Waals surface area contributed by atoms with Crippen molar-refractivity contribution in [2.75, 3.05) is 0 Å². The molecule has 18 heavy (non-hydrogen) atoms. The third kappa shape index (κ3) is 1.66. The molecular weight excluding hydrogens is 228 g/mol. The second kappa shape index (κ2) is 4.79. The third-order valence-electron chi connectivity index (χ3n) is 2.05. The van der Waals surface area contributed by atoms with Crippen LogP contribution in [0.5, 0.6) is 0 Å². The molecule has 0 saturated heterocycles. The summed E-state index contributed by atoms with van der Waals surface area (Å²) in [4.78, 5) is 8.84. The van der Waals surface area contributed by atoms with Gasteiger partial charge in [0, 0.05) is 11.1 Å². The van der Waals surface area contributed by atoms with Crippen molar-refractivity contribution in [2.24, 2.45) is 0 Å². The maximum atomic E-state index is 8.74. The Morgan fingerprint density at radius 3 is 1.67 bits per heavy atom. The van der Waals surface area contributed by atoms with Gasteiger partial charge in [-0.25, -0.2) is 10.1 Å². The molecule has 6 heteroatoms. The van der Waals surface area contributed by atoms with Crippen molar-refractivity contribution in [1.29, 1.82) is 15.8 Å². The summed E-state index contributed by atoms with van der Waals surface area (Å²) in [6.45, 7) is 20.4. The minimum Gasteiger partial charge on any atom is -0.226 e. The highest BCUT2D eigenvalue weighted by atomic mass is 14.9. The highest BCUT2D eigenvalue weighted by Gasteiger charge is 2.44. The lowest BCUT2D eigenvalue weighted by Gasteiger charge is -1.75. The van der Waals surface area contributed by atoms with Crippen LogP contribution in [0.25, 0.3) is 14.5 Å². The van der Waals surface area contributed by atoms with Crippen LogP contribution in [0.4, 0.5) is 0 Å². The lowest BCUT2D eigenvalue weighted by atomic mass is 10.2. The van der Waals surface area contributed by atoms with Crippen molar-refractivity contribution in [1.82, 2.24) is 0 Å². The van der Waals surface area contributed by atoms with Crippen molar-refractivity contribution in [3.63, 3.8) is 0 Å². The Bertz CT molecular complexity index is 609. The molecule has 0 spiro atoms. The molecule has 0 aliphatic heterocycles. The molecule has 78 valence electrons. The van der Waals surface area contributed by atoms with Crippen molar-refractivity contribution in [3.05, 3.63) is 68.1 Å². The van der Waals surface area contributed by atoms with Gasteiger partial charge in [-0.2, -0.15) is 20.2 Å². The highest BCUT2D eigenvalue weighted by Crippen LogP contribution is 2.51. The zero-order valence-corrected chi connectivity index (χ0v) is 8.68. The zero-order chi connectivity index (χ0) is 13.7. The minimum atomic E-state index is -0.348. The molecule has 1 fully saturated rings. The van der Waals surface area contributed by atoms with Gasteiger partial charge in [0.15, 0.2) is 0 Å². The average molecular weight is 228 g/mol. The molecule has 0 atom stereocenters. The SMILES string of the molecule is [C-]#[N+]C([N+]#[C-])=C1C(=C(C#N)C#N)/C1=C(\C#N)[N+]#[C-]. The third-order valence-corrected chi connectivity index (χ3v) is 2.05. The summed E-state index contributed by atoms with van der Waals surface area (Å²) >= 11 is 0. The Morgan fingerprint density at radius 1 is 0.778 bits per heavy atom. The zero-order valence-electron chi connectivity index (χ0n) is 8.68. The first-order valence-corrected chi connectivity index (χ1v) is 4.26. The molecule has 0 heterocycles. The van der Waals surface area contributed by atoms with Crippen LogP contribution in [-0.4, -0.2) is 0 Å². The molecule has 0 bridgehead atoms. The Labute approximate surface area is 103 Å². The molecule has 0 aromatic rings. The quantitative estimate of drug-likeness (QED) is 0.470. The van der Waals surface area contributed by atoms with Gasteiger partial charge in [-0.05, 0) is 0 Å². The van der Waals surface area contributed by atoms with Crippen molar-refractivity contribution >= 4 is 0 Å². The topological polar surface area (TPSA) is 84.5 Å². The first-order chi connectivity index (χ1) is 8.69. The summed E-state index contributed by atoms with van der Waals surface area (Å²) in [5.74, 6) is -0.348. The first kappa shape index (κ1) is 12.2. The molecule has 0 amide bonds. The van der Waals surface area contributed by atoms with E-state index in [1.54, 1.807) is 18.2 Å². The number of hydrogen-bond donors (Lipinski definition) is 0. The van der Waals surface area contributed by atoms with E-state index >= 15 is 0 Å². The molecule has 0 aromatic heterocycles. The van der Waals surface area contributed by atoms with Gasteiger partial charge in [-0.3, -0.25) is 0 Å². The largest absolute Gasteiger partial charge is 0.526 e. The van der Waals surface area contributed by atoms with E-state index in [0.29, 0.717) is 0 Å². The van der Waals surface area contributed by atoms with Crippen LogP contribution in [0.2, 0.25) is 0 Å². The van der Waals surface area contributed by atoms with E-state index in [2.05, 4.69) is 14.5 Å². The van der Waals surface area contributed by atoms with Gasteiger partial charge in [0.1, 0.15) is 30.9 Å². The van der Waals surface area contributed by atoms with E-state index in [0.717, 1.165) is 0 Å². The summed E-state index contributed by atoms with van der Waals surface area (Å²) in [6.07, 6.45) is 0. The van der Waals surface area contributed by atoms with Crippen LogP contribution >= 0.6 is 0 Å². The fourth-order valence-electron chi connectivity index (χ4n) is 1.31.